The highest BCUT2D eigenvalue weighted by Crippen LogP contribution is 2.11. The molecule has 0 atom stereocenters. The third-order valence-electron chi connectivity index (χ3n) is 3.44. The molecule has 0 radical (unpaired) electrons. The van der Waals surface area contributed by atoms with E-state index in [1.54, 1.807) is 0 Å². The molecule has 0 saturated heterocycles. The molecule has 0 aliphatic carbocycles. The molecule has 3 nitrogen and oxygen atoms in total. The zero-order valence-electron chi connectivity index (χ0n) is 13.6. The first-order valence-electron chi connectivity index (χ1n) is 7.72. The number of benzene rings is 1. The molecule has 0 heterocycles. The van der Waals surface area contributed by atoms with Gasteiger partial charge in [-0.15, -0.1) is 0 Å². The molecular formula is C17H30N2O. The van der Waals surface area contributed by atoms with Gasteiger partial charge in [0.05, 0.1) is 6.61 Å². The summed E-state index contributed by atoms with van der Waals surface area (Å²) >= 11 is 0. The van der Waals surface area contributed by atoms with Gasteiger partial charge in [-0.25, -0.2) is 0 Å². The lowest BCUT2D eigenvalue weighted by molar-refractivity contribution is 0.176. The first-order chi connectivity index (χ1) is 9.54. The smallest absolute Gasteiger partial charge is 0.119 e. The Morgan fingerprint density at radius 1 is 1.05 bits per heavy atom. The van der Waals surface area contributed by atoms with Crippen LogP contribution in [0.2, 0.25) is 0 Å². The van der Waals surface area contributed by atoms with Crippen molar-refractivity contribution < 1.29 is 4.74 Å². The second kappa shape index (κ2) is 8.98. The molecule has 0 aliphatic heterocycles. The standard InChI is InChI=1S/C17H30N2O/c1-6-20-17-9-7-16(8-10-17)13-18-11-12-19(14(2)3)15(4)5/h7-10,14-15,18H,6,11-13H2,1-5H3. The van der Waals surface area contributed by atoms with Gasteiger partial charge in [-0.1, -0.05) is 12.1 Å². The van der Waals surface area contributed by atoms with Gasteiger partial charge in [0.25, 0.3) is 0 Å². The van der Waals surface area contributed by atoms with Gasteiger partial charge in [0, 0.05) is 31.7 Å². The van der Waals surface area contributed by atoms with Gasteiger partial charge >= 0.3 is 0 Å². The summed E-state index contributed by atoms with van der Waals surface area (Å²) in [5.74, 6) is 0.946. The zero-order valence-corrected chi connectivity index (χ0v) is 13.6. The summed E-state index contributed by atoms with van der Waals surface area (Å²) in [6, 6.07) is 9.52. The number of hydrogen-bond donors (Lipinski definition) is 1. The second-order valence-corrected chi connectivity index (χ2v) is 5.68. The van der Waals surface area contributed by atoms with Crippen LogP contribution in [0.4, 0.5) is 0 Å². The predicted octanol–water partition coefficient (Wildman–Crippen LogP) is 3.29. The van der Waals surface area contributed by atoms with Gasteiger partial charge in [-0.05, 0) is 52.3 Å². The largest absolute Gasteiger partial charge is 0.494 e. The molecule has 3 heteroatoms. The number of rotatable bonds is 9. The quantitative estimate of drug-likeness (QED) is 0.702. The Labute approximate surface area is 124 Å². The van der Waals surface area contributed by atoms with E-state index in [0.29, 0.717) is 12.1 Å². The maximum absolute atomic E-state index is 5.44. The topological polar surface area (TPSA) is 24.5 Å². The summed E-state index contributed by atoms with van der Waals surface area (Å²) in [6.45, 7) is 14.8. The minimum atomic E-state index is 0.599. The molecular weight excluding hydrogens is 248 g/mol. The first kappa shape index (κ1) is 17.0. The highest BCUT2D eigenvalue weighted by Gasteiger charge is 2.11. The fourth-order valence-electron chi connectivity index (χ4n) is 2.42. The number of ether oxygens (including phenoxy) is 1. The van der Waals surface area contributed by atoms with Crippen LogP contribution in [0.25, 0.3) is 0 Å². The normalized spacial score (nSPS) is 11.6. The number of hydrogen-bond acceptors (Lipinski definition) is 3. The summed E-state index contributed by atoms with van der Waals surface area (Å²) in [4.78, 5) is 2.51. The molecule has 0 amide bonds. The molecule has 0 aromatic heterocycles. The van der Waals surface area contributed by atoms with Crippen molar-refractivity contribution in [2.75, 3.05) is 19.7 Å². The van der Waals surface area contributed by atoms with Crippen molar-refractivity contribution in [1.82, 2.24) is 10.2 Å². The highest BCUT2D eigenvalue weighted by molar-refractivity contribution is 5.27. The molecule has 0 saturated carbocycles. The zero-order chi connectivity index (χ0) is 15.0. The van der Waals surface area contributed by atoms with Crippen LogP contribution in [-0.4, -0.2) is 36.7 Å². The van der Waals surface area contributed by atoms with E-state index in [0.717, 1.165) is 32.0 Å². The molecule has 1 aromatic carbocycles. The van der Waals surface area contributed by atoms with Gasteiger partial charge in [-0.2, -0.15) is 0 Å². The molecule has 114 valence electrons. The SMILES string of the molecule is CCOc1ccc(CNCCN(C(C)C)C(C)C)cc1. The van der Waals surface area contributed by atoms with Gasteiger partial charge in [0.1, 0.15) is 5.75 Å². The Bertz CT molecular complexity index is 352. The van der Waals surface area contributed by atoms with Gasteiger partial charge in [-0.3, -0.25) is 4.90 Å². The lowest BCUT2D eigenvalue weighted by atomic mass is 10.2. The van der Waals surface area contributed by atoms with Crippen LogP contribution in [0.15, 0.2) is 24.3 Å². The van der Waals surface area contributed by atoms with E-state index in [1.807, 2.05) is 19.1 Å². The maximum atomic E-state index is 5.44. The lowest BCUT2D eigenvalue weighted by Gasteiger charge is -2.30. The molecule has 1 N–H and O–H groups in total. The first-order valence-corrected chi connectivity index (χ1v) is 7.72. The average Bonchev–Trinajstić information content (AvgIpc) is 2.40. The Kier molecular flexibility index (Phi) is 7.63. The minimum Gasteiger partial charge on any atom is -0.494 e. The molecule has 1 rings (SSSR count). The van der Waals surface area contributed by atoms with E-state index in [4.69, 9.17) is 4.74 Å². The van der Waals surface area contributed by atoms with Gasteiger partial charge in [0.2, 0.25) is 0 Å². The van der Waals surface area contributed by atoms with Crippen molar-refractivity contribution in [3.8, 4) is 5.75 Å². The number of nitrogens with one attached hydrogen (secondary N) is 1. The van der Waals surface area contributed by atoms with Crippen LogP contribution in [0, 0.1) is 0 Å². The Hall–Kier alpha value is -1.06. The molecule has 0 unspecified atom stereocenters. The summed E-state index contributed by atoms with van der Waals surface area (Å²) in [7, 11) is 0. The third-order valence-corrected chi connectivity index (χ3v) is 3.44. The van der Waals surface area contributed by atoms with Crippen molar-refractivity contribution in [3.63, 3.8) is 0 Å². The van der Waals surface area contributed by atoms with E-state index in [2.05, 4.69) is 50.0 Å². The average molecular weight is 278 g/mol. The van der Waals surface area contributed by atoms with Crippen LogP contribution >= 0.6 is 0 Å². The number of nitrogens with zero attached hydrogens (tertiary/aromatic N) is 1. The van der Waals surface area contributed by atoms with Crippen LogP contribution in [0.1, 0.15) is 40.2 Å². The van der Waals surface area contributed by atoms with Gasteiger partial charge < -0.3 is 10.1 Å². The van der Waals surface area contributed by atoms with Crippen LogP contribution in [0.3, 0.4) is 0 Å². The summed E-state index contributed by atoms with van der Waals surface area (Å²) in [6.07, 6.45) is 0. The molecule has 1 aromatic rings. The van der Waals surface area contributed by atoms with E-state index >= 15 is 0 Å². The van der Waals surface area contributed by atoms with Crippen molar-refractivity contribution in [2.24, 2.45) is 0 Å². The van der Waals surface area contributed by atoms with E-state index in [-0.39, 0.29) is 0 Å². The van der Waals surface area contributed by atoms with Crippen molar-refractivity contribution in [2.45, 2.75) is 53.2 Å². The predicted molar refractivity (Wildman–Crippen MR) is 86.3 cm³/mol. The van der Waals surface area contributed by atoms with E-state index in [9.17, 15) is 0 Å². The van der Waals surface area contributed by atoms with E-state index < -0.39 is 0 Å². The molecule has 0 spiro atoms. The monoisotopic (exact) mass is 278 g/mol. The lowest BCUT2D eigenvalue weighted by Crippen LogP contribution is -2.41. The molecule has 20 heavy (non-hydrogen) atoms. The Morgan fingerprint density at radius 2 is 1.65 bits per heavy atom. The van der Waals surface area contributed by atoms with Crippen molar-refractivity contribution in [1.29, 1.82) is 0 Å². The van der Waals surface area contributed by atoms with E-state index in [1.165, 1.54) is 5.56 Å². The Morgan fingerprint density at radius 3 is 2.15 bits per heavy atom. The summed E-state index contributed by atoms with van der Waals surface area (Å²) in [5, 5.41) is 3.51. The van der Waals surface area contributed by atoms with Gasteiger partial charge in [0.15, 0.2) is 0 Å². The summed E-state index contributed by atoms with van der Waals surface area (Å²) in [5.41, 5.74) is 1.30. The van der Waals surface area contributed by atoms with Crippen molar-refractivity contribution in [3.05, 3.63) is 29.8 Å². The fraction of sp³-hybridized carbons (Fsp3) is 0.647. The van der Waals surface area contributed by atoms with Crippen LogP contribution in [-0.2, 0) is 6.54 Å². The molecule has 0 bridgehead atoms. The highest BCUT2D eigenvalue weighted by atomic mass is 16.5. The molecule has 0 fully saturated rings. The Balaban J connectivity index is 2.30. The minimum absolute atomic E-state index is 0.599. The third kappa shape index (κ3) is 5.93. The maximum Gasteiger partial charge on any atom is 0.119 e. The summed E-state index contributed by atoms with van der Waals surface area (Å²) < 4.78 is 5.44. The van der Waals surface area contributed by atoms with Crippen LogP contribution < -0.4 is 10.1 Å². The molecule has 0 aliphatic rings. The fourth-order valence-corrected chi connectivity index (χ4v) is 2.42. The second-order valence-electron chi connectivity index (χ2n) is 5.68. The van der Waals surface area contributed by atoms with Crippen LogP contribution in [0.5, 0.6) is 5.75 Å². The van der Waals surface area contributed by atoms with Crippen molar-refractivity contribution >= 4 is 0 Å².